The monoisotopic (exact) mass is 399 g/mol. The first-order valence-electron chi connectivity index (χ1n) is 7.78. The van der Waals surface area contributed by atoms with E-state index in [1.165, 1.54) is 41.7 Å². The van der Waals surface area contributed by atoms with Crippen LogP contribution in [-0.2, 0) is 18.9 Å². The van der Waals surface area contributed by atoms with Crippen LogP contribution in [0.5, 0.6) is 0 Å². The highest BCUT2D eigenvalue weighted by molar-refractivity contribution is 6.08. The number of hydrogen-bond donors (Lipinski definition) is 0. The van der Waals surface area contributed by atoms with Gasteiger partial charge in [-0.1, -0.05) is 0 Å². The molecule has 28 heavy (non-hydrogen) atoms. The number of rotatable bonds is 4. The van der Waals surface area contributed by atoms with E-state index in [4.69, 9.17) is 0 Å². The molecule has 3 aromatic rings. The Balaban J connectivity index is 1.90. The summed E-state index contributed by atoms with van der Waals surface area (Å²) in [4.78, 5) is 19.7. The summed E-state index contributed by atoms with van der Waals surface area (Å²) in [5.74, 6) is -0.417. The molecule has 2 aromatic heterocycles. The van der Waals surface area contributed by atoms with Crippen molar-refractivity contribution in [2.24, 2.45) is 0 Å². The van der Waals surface area contributed by atoms with Gasteiger partial charge in [-0.15, -0.1) is 0 Å². The summed E-state index contributed by atoms with van der Waals surface area (Å²) < 4.78 is 79.0. The zero-order chi connectivity index (χ0) is 20.5. The van der Waals surface area contributed by atoms with E-state index >= 15 is 0 Å². The smallest absolute Gasteiger partial charge is 0.349 e. The van der Waals surface area contributed by atoms with Gasteiger partial charge in [0.1, 0.15) is 6.33 Å². The van der Waals surface area contributed by atoms with Crippen LogP contribution in [0.2, 0.25) is 0 Å². The topological polar surface area (TPSA) is 47.8 Å². The standard InChI is InChI=1S/C18H11F6N3O/c19-17(20,21)14-3-11(4-15(5-14)18(22,23)24)8-27-2-1-12(9-27)16(28)13-6-25-10-26-7-13/h1-7,9-10H,8H2. The van der Waals surface area contributed by atoms with Crippen molar-refractivity contribution in [1.82, 2.24) is 14.5 Å². The number of hydrogen-bond acceptors (Lipinski definition) is 3. The number of nitrogens with zero attached hydrogens (tertiary/aromatic N) is 3. The van der Waals surface area contributed by atoms with Crippen molar-refractivity contribution >= 4 is 5.78 Å². The first-order chi connectivity index (χ1) is 13.0. The van der Waals surface area contributed by atoms with E-state index in [0.29, 0.717) is 12.1 Å². The molecule has 2 heterocycles. The lowest BCUT2D eigenvalue weighted by atomic mass is 10.0. The van der Waals surface area contributed by atoms with Gasteiger partial charge in [-0.25, -0.2) is 9.97 Å². The van der Waals surface area contributed by atoms with E-state index in [9.17, 15) is 31.1 Å². The molecule has 4 nitrogen and oxygen atoms in total. The molecule has 0 aliphatic carbocycles. The minimum absolute atomic E-state index is 0.0729. The molecule has 0 aliphatic rings. The molecule has 0 saturated heterocycles. The summed E-state index contributed by atoms with van der Waals surface area (Å²) in [6.45, 7) is -0.272. The molecule has 0 spiro atoms. The van der Waals surface area contributed by atoms with Crippen LogP contribution >= 0.6 is 0 Å². The van der Waals surface area contributed by atoms with E-state index in [1.807, 2.05) is 0 Å². The number of alkyl halides is 6. The number of carbonyl (C=O) groups excluding carboxylic acids is 1. The lowest BCUT2D eigenvalue weighted by Crippen LogP contribution is -2.12. The summed E-state index contributed by atoms with van der Waals surface area (Å²) in [5, 5.41) is 0. The quantitative estimate of drug-likeness (QED) is 0.476. The number of carbonyl (C=O) groups is 1. The van der Waals surface area contributed by atoms with E-state index in [2.05, 4.69) is 9.97 Å². The van der Waals surface area contributed by atoms with Gasteiger partial charge in [0.2, 0.25) is 0 Å². The van der Waals surface area contributed by atoms with Gasteiger partial charge in [0, 0.05) is 36.9 Å². The zero-order valence-corrected chi connectivity index (χ0v) is 13.9. The van der Waals surface area contributed by atoms with Crippen LogP contribution < -0.4 is 0 Å². The zero-order valence-electron chi connectivity index (χ0n) is 13.9. The summed E-state index contributed by atoms with van der Waals surface area (Å²) in [6, 6.07) is 2.79. The maximum atomic E-state index is 12.9. The Morgan fingerprint density at radius 1 is 0.893 bits per heavy atom. The fraction of sp³-hybridized carbons (Fsp3) is 0.167. The van der Waals surface area contributed by atoms with E-state index < -0.39 is 29.3 Å². The number of halogens is 6. The molecular weight excluding hydrogens is 388 g/mol. The molecule has 146 valence electrons. The second kappa shape index (κ2) is 7.10. The van der Waals surface area contributed by atoms with Crippen molar-refractivity contribution in [2.75, 3.05) is 0 Å². The normalized spacial score (nSPS) is 12.2. The molecule has 10 heteroatoms. The average molecular weight is 399 g/mol. The number of aromatic nitrogens is 3. The molecule has 0 saturated carbocycles. The van der Waals surface area contributed by atoms with Gasteiger partial charge in [-0.05, 0) is 29.8 Å². The molecule has 0 radical (unpaired) electrons. The fourth-order valence-corrected chi connectivity index (χ4v) is 2.58. The van der Waals surface area contributed by atoms with Crippen LogP contribution in [0.25, 0.3) is 0 Å². The first kappa shape index (κ1) is 19.6. The van der Waals surface area contributed by atoms with Gasteiger partial charge >= 0.3 is 12.4 Å². The highest BCUT2D eigenvalue weighted by atomic mass is 19.4. The second-order valence-electron chi connectivity index (χ2n) is 5.94. The molecule has 3 rings (SSSR count). The third kappa shape index (κ3) is 4.38. The fourth-order valence-electron chi connectivity index (χ4n) is 2.58. The molecule has 1 aromatic carbocycles. The highest BCUT2D eigenvalue weighted by Gasteiger charge is 2.36. The summed E-state index contributed by atoms with van der Waals surface area (Å²) in [6.07, 6.45) is -3.26. The molecule has 0 fully saturated rings. The molecular formula is C18H11F6N3O. The molecule has 0 bridgehead atoms. The van der Waals surface area contributed by atoms with Crippen LogP contribution in [0.15, 0.2) is 55.4 Å². The van der Waals surface area contributed by atoms with Crippen LogP contribution in [0.1, 0.15) is 32.6 Å². The first-order valence-corrected chi connectivity index (χ1v) is 7.78. The predicted octanol–water partition coefficient (Wildman–Crippen LogP) is 4.60. The van der Waals surface area contributed by atoms with Gasteiger partial charge in [-0.2, -0.15) is 26.3 Å². The van der Waals surface area contributed by atoms with Crippen molar-refractivity contribution in [3.63, 3.8) is 0 Å². The maximum absolute atomic E-state index is 12.9. The average Bonchev–Trinajstić information content (AvgIpc) is 3.08. The van der Waals surface area contributed by atoms with Crippen molar-refractivity contribution in [2.45, 2.75) is 18.9 Å². The van der Waals surface area contributed by atoms with E-state index in [1.54, 1.807) is 0 Å². The Hall–Kier alpha value is -3.17. The van der Waals surface area contributed by atoms with Crippen molar-refractivity contribution in [1.29, 1.82) is 0 Å². The lowest BCUT2D eigenvalue weighted by Gasteiger charge is -2.14. The Morgan fingerprint density at radius 2 is 1.46 bits per heavy atom. The molecule has 0 aliphatic heterocycles. The molecule has 0 unspecified atom stereocenters. The minimum Gasteiger partial charge on any atom is -0.349 e. The van der Waals surface area contributed by atoms with Crippen molar-refractivity contribution < 1.29 is 31.1 Å². The maximum Gasteiger partial charge on any atom is 0.416 e. The van der Waals surface area contributed by atoms with Gasteiger partial charge in [-0.3, -0.25) is 4.79 Å². The number of benzene rings is 1. The van der Waals surface area contributed by atoms with Gasteiger partial charge in [0.05, 0.1) is 16.7 Å². The molecule has 0 amide bonds. The Bertz CT molecular complexity index is 960. The van der Waals surface area contributed by atoms with Crippen LogP contribution in [0, 0.1) is 0 Å². The Morgan fingerprint density at radius 3 is 2.00 bits per heavy atom. The Labute approximate surface area is 154 Å². The lowest BCUT2D eigenvalue weighted by molar-refractivity contribution is -0.143. The number of ketones is 1. The van der Waals surface area contributed by atoms with Gasteiger partial charge in [0.25, 0.3) is 0 Å². The summed E-state index contributed by atoms with van der Waals surface area (Å²) in [7, 11) is 0. The minimum atomic E-state index is -4.92. The van der Waals surface area contributed by atoms with Crippen LogP contribution in [0.4, 0.5) is 26.3 Å². The van der Waals surface area contributed by atoms with Crippen LogP contribution in [0.3, 0.4) is 0 Å². The SMILES string of the molecule is O=C(c1cncnc1)c1ccn(Cc2cc(C(F)(F)F)cc(C(F)(F)F)c2)c1. The van der Waals surface area contributed by atoms with Gasteiger partial charge < -0.3 is 4.57 Å². The van der Waals surface area contributed by atoms with Crippen molar-refractivity contribution in [3.05, 3.63) is 83.2 Å². The predicted molar refractivity (Wildman–Crippen MR) is 85.4 cm³/mol. The summed E-state index contributed by atoms with van der Waals surface area (Å²) >= 11 is 0. The molecule has 0 atom stereocenters. The van der Waals surface area contributed by atoms with Crippen LogP contribution in [-0.4, -0.2) is 20.3 Å². The highest BCUT2D eigenvalue weighted by Crippen LogP contribution is 2.36. The van der Waals surface area contributed by atoms with Gasteiger partial charge in [0.15, 0.2) is 5.78 Å². The Kier molecular flexibility index (Phi) is 4.97. The van der Waals surface area contributed by atoms with E-state index in [0.717, 1.165) is 0 Å². The van der Waals surface area contributed by atoms with Crippen molar-refractivity contribution in [3.8, 4) is 0 Å². The summed E-state index contributed by atoms with van der Waals surface area (Å²) in [5.41, 5.74) is -2.55. The largest absolute Gasteiger partial charge is 0.416 e. The van der Waals surface area contributed by atoms with E-state index in [-0.39, 0.29) is 29.3 Å². The second-order valence-corrected chi connectivity index (χ2v) is 5.94. The molecule has 0 N–H and O–H groups in total. The third-order valence-electron chi connectivity index (χ3n) is 3.85. The third-order valence-corrected chi connectivity index (χ3v) is 3.85.